The molecule has 1 aromatic heterocycles. The van der Waals surface area contributed by atoms with Gasteiger partial charge in [0.15, 0.2) is 0 Å². The Morgan fingerprint density at radius 1 is 1.16 bits per heavy atom. The van der Waals surface area contributed by atoms with Gasteiger partial charge in [0, 0.05) is 31.4 Å². The molecule has 4 rings (SSSR count). The zero-order chi connectivity index (χ0) is 17.2. The molecule has 0 unspecified atom stereocenters. The summed E-state index contributed by atoms with van der Waals surface area (Å²) in [7, 11) is 0. The van der Waals surface area contributed by atoms with E-state index in [1.165, 1.54) is 31.4 Å². The number of fused-ring (bicyclic) bond motifs is 1. The maximum atomic E-state index is 13.0. The summed E-state index contributed by atoms with van der Waals surface area (Å²) in [6.45, 7) is 6.60. The van der Waals surface area contributed by atoms with Crippen molar-refractivity contribution in [3.8, 4) is 0 Å². The van der Waals surface area contributed by atoms with Crippen LogP contribution >= 0.6 is 0 Å². The molecule has 0 saturated carbocycles. The minimum atomic E-state index is 0.141. The number of benzene rings is 1. The third-order valence-electron chi connectivity index (χ3n) is 5.63. The summed E-state index contributed by atoms with van der Waals surface area (Å²) in [6, 6.07) is 10.8. The third kappa shape index (κ3) is 3.33. The van der Waals surface area contributed by atoms with Crippen molar-refractivity contribution in [1.82, 2.24) is 19.6 Å². The Morgan fingerprint density at radius 3 is 2.84 bits per heavy atom. The zero-order valence-electron chi connectivity index (χ0n) is 14.9. The number of hydrogen-bond acceptors (Lipinski definition) is 3. The van der Waals surface area contributed by atoms with E-state index in [4.69, 9.17) is 0 Å². The molecule has 1 amide bonds. The second-order valence-corrected chi connectivity index (χ2v) is 7.22. The second-order valence-electron chi connectivity index (χ2n) is 7.22. The molecule has 0 radical (unpaired) electrons. The van der Waals surface area contributed by atoms with Crippen LogP contribution in [0.25, 0.3) is 0 Å². The van der Waals surface area contributed by atoms with E-state index in [1.807, 2.05) is 34.7 Å². The van der Waals surface area contributed by atoms with E-state index < -0.39 is 0 Å². The van der Waals surface area contributed by atoms with Crippen molar-refractivity contribution in [2.45, 2.75) is 38.8 Å². The highest BCUT2D eigenvalue weighted by atomic mass is 16.2. The van der Waals surface area contributed by atoms with Crippen LogP contribution in [0.15, 0.2) is 36.5 Å². The Morgan fingerprint density at radius 2 is 2.00 bits per heavy atom. The lowest BCUT2D eigenvalue weighted by atomic mass is 9.99. The van der Waals surface area contributed by atoms with Crippen molar-refractivity contribution in [1.29, 1.82) is 0 Å². The Bertz CT molecular complexity index is 739. The molecule has 0 N–H and O–H groups in total. The van der Waals surface area contributed by atoms with Gasteiger partial charge in [-0.15, -0.1) is 0 Å². The summed E-state index contributed by atoms with van der Waals surface area (Å²) < 4.78 is 1.93. The summed E-state index contributed by atoms with van der Waals surface area (Å²) in [6.07, 6.45) is 5.55. The minimum absolute atomic E-state index is 0.141. The number of piperidine rings is 1. The van der Waals surface area contributed by atoms with E-state index >= 15 is 0 Å². The number of nitrogens with zero attached hydrogens (tertiary/aromatic N) is 4. The van der Waals surface area contributed by atoms with Gasteiger partial charge < -0.3 is 4.90 Å². The molecule has 2 aliphatic heterocycles. The molecule has 1 aromatic carbocycles. The maximum Gasteiger partial charge on any atom is 0.257 e. The normalized spacial score (nSPS) is 21.2. The first-order valence-corrected chi connectivity index (χ1v) is 9.32. The monoisotopic (exact) mass is 338 g/mol. The fraction of sp³-hybridized carbons (Fsp3) is 0.500. The van der Waals surface area contributed by atoms with Crippen LogP contribution < -0.4 is 0 Å². The van der Waals surface area contributed by atoms with Gasteiger partial charge in [0.25, 0.3) is 5.91 Å². The number of carbonyl (C=O) groups excluding carboxylic acids is 1. The van der Waals surface area contributed by atoms with Gasteiger partial charge in [-0.3, -0.25) is 14.4 Å². The van der Waals surface area contributed by atoms with Crippen LogP contribution in [0.4, 0.5) is 0 Å². The smallest absolute Gasteiger partial charge is 0.257 e. The molecule has 132 valence electrons. The highest BCUT2D eigenvalue weighted by Gasteiger charge is 2.32. The zero-order valence-corrected chi connectivity index (χ0v) is 14.9. The molecule has 5 nitrogen and oxygen atoms in total. The Hall–Kier alpha value is -2.14. The fourth-order valence-electron chi connectivity index (χ4n) is 4.08. The number of amides is 1. The van der Waals surface area contributed by atoms with Crippen molar-refractivity contribution >= 4 is 5.91 Å². The standard InChI is InChI=1S/C20H26N4O/c1-16-19(13-21-24(16)14-17-7-3-2-4-8-17)20(25)23-12-11-22-10-6-5-9-18(22)15-23/h2-4,7-8,13,18H,5-6,9-12,14-15H2,1H3/t18-/m1/s1. The molecule has 2 saturated heterocycles. The molecular weight excluding hydrogens is 312 g/mol. The van der Waals surface area contributed by atoms with Gasteiger partial charge in [-0.1, -0.05) is 36.8 Å². The Labute approximate surface area is 149 Å². The van der Waals surface area contributed by atoms with Crippen molar-refractivity contribution in [2.24, 2.45) is 0 Å². The van der Waals surface area contributed by atoms with Gasteiger partial charge in [-0.2, -0.15) is 5.10 Å². The number of aromatic nitrogens is 2. The van der Waals surface area contributed by atoms with E-state index in [0.29, 0.717) is 12.6 Å². The molecule has 25 heavy (non-hydrogen) atoms. The molecule has 3 heterocycles. The van der Waals surface area contributed by atoms with Crippen LogP contribution in [0.5, 0.6) is 0 Å². The van der Waals surface area contributed by atoms with E-state index in [9.17, 15) is 4.79 Å². The van der Waals surface area contributed by atoms with Crippen molar-refractivity contribution in [3.63, 3.8) is 0 Å². The number of hydrogen-bond donors (Lipinski definition) is 0. The summed E-state index contributed by atoms with van der Waals surface area (Å²) in [5, 5.41) is 4.47. The molecule has 0 bridgehead atoms. The van der Waals surface area contributed by atoms with Crippen LogP contribution in [-0.4, -0.2) is 57.7 Å². The fourth-order valence-corrected chi connectivity index (χ4v) is 4.08. The summed E-state index contributed by atoms with van der Waals surface area (Å²) in [5.41, 5.74) is 2.91. The molecule has 0 spiro atoms. The largest absolute Gasteiger partial charge is 0.336 e. The van der Waals surface area contributed by atoms with Crippen molar-refractivity contribution in [2.75, 3.05) is 26.2 Å². The topological polar surface area (TPSA) is 41.4 Å². The van der Waals surface area contributed by atoms with Gasteiger partial charge in [0.05, 0.1) is 18.3 Å². The summed E-state index contributed by atoms with van der Waals surface area (Å²) in [4.78, 5) is 17.6. The lowest BCUT2D eigenvalue weighted by Gasteiger charge is -2.44. The first-order valence-electron chi connectivity index (χ1n) is 9.32. The van der Waals surface area contributed by atoms with E-state index in [0.717, 1.165) is 30.9 Å². The highest BCUT2D eigenvalue weighted by molar-refractivity contribution is 5.95. The van der Waals surface area contributed by atoms with E-state index in [-0.39, 0.29) is 5.91 Å². The average molecular weight is 338 g/mol. The van der Waals surface area contributed by atoms with Crippen LogP contribution in [0.2, 0.25) is 0 Å². The van der Waals surface area contributed by atoms with Crippen LogP contribution in [0.1, 0.15) is 40.9 Å². The molecular formula is C20H26N4O. The lowest BCUT2D eigenvalue weighted by molar-refractivity contribution is 0.0372. The van der Waals surface area contributed by atoms with Crippen molar-refractivity contribution < 1.29 is 4.79 Å². The lowest BCUT2D eigenvalue weighted by Crippen LogP contribution is -2.56. The Kier molecular flexibility index (Phi) is 4.57. The second kappa shape index (κ2) is 7.00. The quantitative estimate of drug-likeness (QED) is 0.864. The molecule has 2 fully saturated rings. The maximum absolute atomic E-state index is 13.0. The van der Waals surface area contributed by atoms with Crippen LogP contribution in [0.3, 0.4) is 0 Å². The SMILES string of the molecule is Cc1c(C(=O)N2CCN3CCCC[C@@H]3C2)cnn1Cc1ccccc1. The number of piperazine rings is 1. The van der Waals surface area contributed by atoms with Gasteiger partial charge in [0.1, 0.15) is 0 Å². The third-order valence-corrected chi connectivity index (χ3v) is 5.63. The molecule has 2 aromatic rings. The van der Waals surface area contributed by atoms with Gasteiger partial charge in [0.2, 0.25) is 0 Å². The molecule has 0 aliphatic carbocycles. The van der Waals surface area contributed by atoms with Crippen LogP contribution in [-0.2, 0) is 6.54 Å². The van der Waals surface area contributed by atoms with E-state index in [1.54, 1.807) is 6.20 Å². The summed E-state index contributed by atoms with van der Waals surface area (Å²) >= 11 is 0. The van der Waals surface area contributed by atoms with Gasteiger partial charge >= 0.3 is 0 Å². The first-order chi connectivity index (χ1) is 12.2. The highest BCUT2D eigenvalue weighted by Crippen LogP contribution is 2.23. The van der Waals surface area contributed by atoms with Gasteiger partial charge in [-0.05, 0) is 31.9 Å². The summed E-state index contributed by atoms with van der Waals surface area (Å²) in [5.74, 6) is 0.141. The van der Waals surface area contributed by atoms with Crippen molar-refractivity contribution in [3.05, 3.63) is 53.3 Å². The van der Waals surface area contributed by atoms with E-state index in [2.05, 4.69) is 22.1 Å². The predicted molar refractivity (Wildman–Crippen MR) is 97.6 cm³/mol. The molecule has 5 heteroatoms. The van der Waals surface area contributed by atoms with Crippen LogP contribution in [0, 0.1) is 6.92 Å². The molecule has 2 aliphatic rings. The predicted octanol–water partition coefficient (Wildman–Crippen LogP) is 2.55. The first kappa shape index (κ1) is 16.3. The Balaban J connectivity index is 1.47. The van der Waals surface area contributed by atoms with Gasteiger partial charge in [-0.25, -0.2) is 0 Å². The average Bonchev–Trinajstić information content (AvgIpc) is 3.02. The minimum Gasteiger partial charge on any atom is -0.336 e. The molecule has 1 atom stereocenters. The number of carbonyl (C=O) groups is 1. The number of rotatable bonds is 3.